The van der Waals surface area contributed by atoms with Crippen LogP contribution in [0.15, 0.2) is 40.2 Å². The van der Waals surface area contributed by atoms with Gasteiger partial charge in [0.2, 0.25) is 0 Å². The van der Waals surface area contributed by atoms with E-state index in [0.29, 0.717) is 0 Å². The van der Waals surface area contributed by atoms with E-state index in [9.17, 15) is 0 Å². The topological polar surface area (TPSA) is 24.4 Å². The first kappa shape index (κ1) is 10.5. The van der Waals surface area contributed by atoms with Crippen molar-refractivity contribution in [3.8, 4) is 0 Å². The summed E-state index contributed by atoms with van der Waals surface area (Å²) in [5.41, 5.74) is 2.30. The van der Waals surface area contributed by atoms with Crippen LogP contribution in [0, 0.1) is 0 Å². The highest BCUT2D eigenvalue weighted by molar-refractivity contribution is 8.01. The zero-order valence-corrected chi connectivity index (χ0v) is 9.55. The Morgan fingerprint density at radius 1 is 1.33 bits per heavy atom. The summed E-state index contributed by atoms with van der Waals surface area (Å²) in [6.07, 6.45) is 2.94. The van der Waals surface area contributed by atoms with Crippen molar-refractivity contribution < 1.29 is 0 Å². The van der Waals surface area contributed by atoms with Crippen molar-refractivity contribution in [2.45, 2.75) is 13.3 Å². The van der Waals surface area contributed by atoms with Crippen LogP contribution in [-0.4, -0.2) is 12.8 Å². The molecule has 0 aromatic heterocycles. The minimum atomic E-state index is 0.824. The van der Waals surface area contributed by atoms with Gasteiger partial charge >= 0.3 is 0 Å². The predicted octanol–water partition coefficient (Wildman–Crippen LogP) is 3.09. The second-order valence-corrected chi connectivity index (χ2v) is 4.24. The molecule has 0 fully saturated rings. The van der Waals surface area contributed by atoms with Gasteiger partial charge < -0.3 is 0 Å². The third-order valence-corrected chi connectivity index (χ3v) is 3.26. The summed E-state index contributed by atoms with van der Waals surface area (Å²) in [6, 6.07) is 10.3. The summed E-state index contributed by atoms with van der Waals surface area (Å²) in [5.74, 6) is 0. The maximum atomic E-state index is 4.52. The monoisotopic (exact) mass is 218 g/mol. The fraction of sp³-hybridized carbons (Fsp3) is 0.250. The maximum absolute atomic E-state index is 4.52. The lowest BCUT2D eigenvalue weighted by molar-refractivity contribution is 1.17. The average Bonchev–Trinajstić information content (AvgIpc) is 2.55. The van der Waals surface area contributed by atoms with Crippen LogP contribution in [0.4, 0.5) is 0 Å². The Morgan fingerprint density at radius 3 is 2.87 bits per heavy atom. The Bertz CT molecular complexity index is 382. The zero-order valence-electron chi connectivity index (χ0n) is 8.73. The molecule has 78 valence electrons. The Labute approximate surface area is 94.6 Å². The van der Waals surface area contributed by atoms with E-state index in [1.165, 1.54) is 10.5 Å². The van der Waals surface area contributed by atoms with Crippen molar-refractivity contribution in [3.63, 3.8) is 0 Å². The summed E-state index contributed by atoms with van der Waals surface area (Å²) in [6.45, 7) is 2.98. The molecule has 1 aliphatic rings. The summed E-state index contributed by atoms with van der Waals surface area (Å²) in [5, 5.41) is 0. The van der Waals surface area contributed by atoms with Gasteiger partial charge in [-0.3, -0.25) is 9.71 Å². The third-order valence-electron chi connectivity index (χ3n) is 2.22. The largest absolute Gasteiger partial charge is 0.258 e. The molecule has 0 saturated carbocycles. The van der Waals surface area contributed by atoms with E-state index in [1.54, 1.807) is 11.9 Å². The fourth-order valence-electron chi connectivity index (χ4n) is 1.49. The quantitative estimate of drug-likeness (QED) is 0.771. The second-order valence-electron chi connectivity index (χ2n) is 3.25. The van der Waals surface area contributed by atoms with E-state index < -0.39 is 0 Å². The summed E-state index contributed by atoms with van der Waals surface area (Å²) in [7, 11) is 0. The van der Waals surface area contributed by atoms with Gasteiger partial charge in [-0.2, -0.15) is 0 Å². The molecule has 15 heavy (non-hydrogen) atoms. The van der Waals surface area contributed by atoms with Gasteiger partial charge in [0.05, 0.1) is 5.70 Å². The number of nitrogens with one attached hydrogen (secondary N) is 1. The molecule has 1 aliphatic heterocycles. The highest BCUT2D eigenvalue weighted by Gasteiger charge is 2.09. The first-order valence-electron chi connectivity index (χ1n) is 5.12. The molecule has 0 spiro atoms. The highest BCUT2D eigenvalue weighted by atomic mass is 32.2. The van der Waals surface area contributed by atoms with E-state index in [1.807, 2.05) is 24.4 Å². The number of rotatable bonds is 2. The van der Waals surface area contributed by atoms with E-state index in [4.69, 9.17) is 0 Å². The number of hydrogen-bond acceptors (Lipinski definition) is 3. The number of allylic oxidation sites excluding steroid dienone is 1. The van der Waals surface area contributed by atoms with Gasteiger partial charge in [0.15, 0.2) is 0 Å². The standard InChI is InChI=1S/C12H14N2S/c1-2-11-12(13-8-9-14-15-11)10-6-4-3-5-7-10/h3-8,14H,2,9H2,1H3. The Morgan fingerprint density at radius 2 is 2.13 bits per heavy atom. The molecule has 2 rings (SSSR count). The first-order valence-corrected chi connectivity index (χ1v) is 5.94. The minimum absolute atomic E-state index is 0.824. The molecule has 0 aliphatic carbocycles. The van der Waals surface area contributed by atoms with E-state index in [2.05, 4.69) is 28.8 Å². The lowest BCUT2D eigenvalue weighted by atomic mass is 10.1. The van der Waals surface area contributed by atoms with Crippen LogP contribution in [0.2, 0.25) is 0 Å². The molecule has 0 bridgehead atoms. The van der Waals surface area contributed by atoms with Crippen LogP contribution in [0.3, 0.4) is 0 Å². The minimum Gasteiger partial charge on any atom is -0.258 e. The van der Waals surface area contributed by atoms with Crippen LogP contribution in [0.5, 0.6) is 0 Å². The van der Waals surface area contributed by atoms with Gasteiger partial charge in [-0.15, -0.1) is 0 Å². The molecule has 3 heteroatoms. The molecule has 1 aromatic rings. The van der Waals surface area contributed by atoms with Crippen molar-refractivity contribution in [1.82, 2.24) is 4.72 Å². The SMILES string of the molecule is CCC1=C(c2ccccc2)N=CCNS1. The van der Waals surface area contributed by atoms with Crippen molar-refractivity contribution in [2.75, 3.05) is 6.54 Å². The zero-order chi connectivity index (χ0) is 10.5. The Balaban J connectivity index is 2.42. The molecule has 0 radical (unpaired) electrons. The third kappa shape index (κ3) is 2.49. The fourth-order valence-corrected chi connectivity index (χ4v) is 2.24. The van der Waals surface area contributed by atoms with Crippen molar-refractivity contribution in [2.24, 2.45) is 4.99 Å². The summed E-state index contributed by atoms with van der Waals surface area (Å²) < 4.78 is 3.26. The predicted molar refractivity (Wildman–Crippen MR) is 67.7 cm³/mol. The lowest BCUT2D eigenvalue weighted by Gasteiger charge is -2.07. The normalized spacial score (nSPS) is 16.6. The number of aliphatic imine (C=N–C) groups is 1. The molecule has 0 saturated heterocycles. The number of hydrogen-bond donors (Lipinski definition) is 1. The number of benzene rings is 1. The van der Waals surface area contributed by atoms with E-state index in [-0.39, 0.29) is 0 Å². The molecular weight excluding hydrogens is 204 g/mol. The maximum Gasteiger partial charge on any atom is 0.0806 e. The van der Waals surface area contributed by atoms with Gasteiger partial charge in [0, 0.05) is 23.2 Å². The molecule has 0 unspecified atom stereocenters. The van der Waals surface area contributed by atoms with Gasteiger partial charge in [0.1, 0.15) is 0 Å². The van der Waals surface area contributed by atoms with Crippen molar-refractivity contribution in [1.29, 1.82) is 0 Å². The molecule has 1 heterocycles. The van der Waals surface area contributed by atoms with Gasteiger partial charge in [0.25, 0.3) is 0 Å². The van der Waals surface area contributed by atoms with Crippen molar-refractivity contribution in [3.05, 3.63) is 40.8 Å². The molecule has 0 amide bonds. The van der Waals surface area contributed by atoms with Crippen LogP contribution < -0.4 is 4.72 Å². The molecule has 0 atom stereocenters. The van der Waals surface area contributed by atoms with Crippen molar-refractivity contribution >= 4 is 23.9 Å². The smallest absolute Gasteiger partial charge is 0.0806 e. The van der Waals surface area contributed by atoms with Crippen LogP contribution >= 0.6 is 11.9 Å². The second kappa shape index (κ2) is 5.14. The average molecular weight is 218 g/mol. The molecule has 1 N–H and O–H groups in total. The molecule has 1 aromatic carbocycles. The summed E-state index contributed by atoms with van der Waals surface area (Å²) in [4.78, 5) is 5.82. The highest BCUT2D eigenvalue weighted by Crippen LogP contribution is 2.29. The molecular formula is C12H14N2S. The van der Waals surface area contributed by atoms with Crippen LogP contribution in [0.25, 0.3) is 5.70 Å². The van der Waals surface area contributed by atoms with Crippen LogP contribution in [0.1, 0.15) is 18.9 Å². The van der Waals surface area contributed by atoms with Gasteiger partial charge in [-0.25, -0.2) is 0 Å². The summed E-state index contributed by atoms with van der Waals surface area (Å²) >= 11 is 1.69. The lowest BCUT2D eigenvalue weighted by Crippen LogP contribution is -2.04. The van der Waals surface area contributed by atoms with Gasteiger partial charge in [-0.05, 0) is 18.4 Å². The molecule has 2 nitrogen and oxygen atoms in total. The first-order chi connectivity index (χ1) is 7.42. The van der Waals surface area contributed by atoms with E-state index >= 15 is 0 Å². The van der Waals surface area contributed by atoms with Crippen LogP contribution in [-0.2, 0) is 0 Å². The number of nitrogens with zero attached hydrogens (tertiary/aromatic N) is 1. The van der Waals surface area contributed by atoms with E-state index in [0.717, 1.165) is 18.7 Å². The Hall–Kier alpha value is -1.06. The Kier molecular flexibility index (Phi) is 3.59. The van der Waals surface area contributed by atoms with Gasteiger partial charge in [-0.1, -0.05) is 37.3 Å².